The fourth-order valence-corrected chi connectivity index (χ4v) is 2.38. The Hall–Kier alpha value is -0.900. The van der Waals surface area contributed by atoms with E-state index in [1.807, 2.05) is 5.38 Å². The molecule has 0 unspecified atom stereocenters. The second-order valence-electron chi connectivity index (χ2n) is 3.12. The summed E-state index contributed by atoms with van der Waals surface area (Å²) in [6.45, 7) is 2.92. The van der Waals surface area contributed by atoms with Crippen LogP contribution in [0.25, 0.3) is 0 Å². The molecule has 0 aliphatic carbocycles. The maximum atomic E-state index is 11.4. The van der Waals surface area contributed by atoms with Crippen molar-refractivity contribution in [1.29, 1.82) is 0 Å². The van der Waals surface area contributed by atoms with Crippen molar-refractivity contribution in [2.24, 2.45) is 0 Å². The third kappa shape index (κ3) is 1.58. The number of anilines is 1. The van der Waals surface area contributed by atoms with Gasteiger partial charge in [-0.25, -0.2) is 4.98 Å². The van der Waals surface area contributed by atoms with Crippen LogP contribution in [0.4, 0.5) is 5.13 Å². The zero-order valence-corrected chi connectivity index (χ0v) is 8.43. The van der Waals surface area contributed by atoms with Crippen LogP contribution in [0.15, 0.2) is 5.38 Å². The van der Waals surface area contributed by atoms with Gasteiger partial charge < -0.3 is 0 Å². The van der Waals surface area contributed by atoms with E-state index in [1.165, 1.54) is 0 Å². The van der Waals surface area contributed by atoms with E-state index in [1.54, 1.807) is 16.2 Å². The van der Waals surface area contributed by atoms with E-state index in [0.29, 0.717) is 6.42 Å². The zero-order chi connectivity index (χ0) is 9.26. The van der Waals surface area contributed by atoms with E-state index in [2.05, 4.69) is 11.9 Å². The molecule has 0 atom stereocenters. The van der Waals surface area contributed by atoms with Gasteiger partial charge >= 0.3 is 0 Å². The number of thiazole rings is 1. The number of carbonyl (C=O) groups is 1. The van der Waals surface area contributed by atoms with Gasteiger partial charge in [-0.15, -0.1) is 11.3 Å². The first-order valence-corrected chi connectivity index (χ1v) is 5.44. The first kappa shape index (κ1) is 8.69. The van der Waals surface area contributed by atoms with Crippen molar-refractivity contribution in [3.05, 3.63) is 11.1 Å². The molecular weight excluding hydrogens is 184 g/mol. The predicted octanol–water partition coefficient (Wildman–Crippen LogP) is 1.83. The fraction of sp³-hybridized carbons (Fsp3) is 0.556. The summed E-state index contributed by atoms with van der Waals surface area (Å²) >= 11 is 1.57. The van der Waals surface area contributed by atoms with Gasteiger partial charge in [-0.2, -0.15) is 0 Å². The molecule has 1 aliphatic rings. The summed E-state index contributed by atoms with van der Waals surface area (Å²) in [4.78, 5) is 17.5. The van der Waals surface area contributed by atoms with Crippen molar-refractivity contribution in [2.45, 2.75) is 26.2 Å². The van der Waals surface area contributed by atoms with Crippen LogP contribution in [-0.2, 0) is 11.2 Å². The van der Waals surface area contributed by atoms with E-state index in [9.17, 15) is 4.79 Å². The van der Waals surface area contributed by atoms with E-state index >= 15 is 0 Å². The maximum absolute atomic E-state index is 11.4. The number of amides is 1. The lowest BCUT2D eigenvalue weighted by Crippen LogP contribution is -2.23. The van der Waals surface area contributed by atoms with Crippen LogP contribution in [-0.4, -0.2) is 17.4 Å². The highest BCUT2D eigenvalue weighted by atomic mass is 32.1. The number of hydrogen-bond donors (Lipinski definition) is 0. The molecule has 2 heterocycles. The van der Waals surface area contributed by atoms with Crippen molar-refractivity contribution < 1.29 is 4.79 Å². The molecule has 70 valence electrons. The van der Waals surface area contributed by atoms with Crippen molar-refractivity contribution >= 4 is 22.4 Å². The highest BCUT2D eigenvalue weighted by Gasteiger charge is 2.23. The average Bonchev–Trinajstić information content (AvgIpc) is 2.71. The average molecular weight is 196 g/mol. The fourth-order valence-electron chi connectivity index (χ4n) is 1.43. The lowest BCUT2D eigenvalue weighted by atomic mass is 10.4. The van der Waals surface area contributed by atoms with Gasteiger partial charge in [0.05, 0.1) is 5.69 Å². The summed E-state index contributed by atoms with van der Waals surface area (Å²) in [5.74, 6) is 0.219. The van der Waals surface area contributed by atoms with E-state index in [-0.39, 0.29) is 5.91 Å². The lowest BCUT2D eigenvalue weighted by molar-refractivity contribution is -0.117. The van der Waals surface area contributed by atoms with Crippen LogP contribution in [0.1, 0.15) is 25.5 Å². The van der Waals surface area contributed by atoms with Crippen LogP contribution in [0.5, 0.6) is 0 Å². The quantitative estimate of drug-likeness (QED) is 0.723. The summed E-state index contributed by atoms with van der Waals surface area (Å²) < 4.78 is 0. The summed E-state index contributed by atoms with van der Waals surface area (Å²) in [6, 6.07) is 0. The van der Waals surface area contributed by atoms with Crippen LogP contribution in [0.2, 0.25) is 0 Å². The molecule has 13 heavy (non-hydrogen) atoms. The van der Waals surface area contributed by atoms with Gasteiger partial charge in [0.2, 0.25) is 5.91 Å². The van der Waals surface area contributed by atoms with Gasteiger partial charge in [0.25, 0.3) is 0 Å². The van der Waals surface area contributed by atoms with Crippen molar-refractivity contribution in [3.8, 4) is 0 Å². The zero-order valence-electron chi connectivity index (χ0n) is 7.62. The van der Waals surface area contributed by atoms with Crippen LogP contribution in [0.3, 0.4) is 0 Å². The molecule has 1 aromatic rings. The predicted molar refractivity (Wildman–Crippen MR) is 53.1 cm³/mol. The number of aromatic nitrogens is 1. The van der Waals surface area contributed by atoms with Crippen LogP contribution in [0, 0.1) is 0 Å². The van der Waals surface area contributed by atoms with E-state index < -0.39 is 0 Å². The Morgan fingerprint density at radius 2 is 2.54 bits per heavy atom. The molecule has 0 saturated carbocycles. The van der Waals surface area contributed by atoms with Crippen LogP contribution < -0.4 is 4.90 Å². The Morgan fingerprint density at radius 1 is 1.69 bits per heavy atom. The number of aryl methyl sites for hydroxylation is 1. The third-order valence-corrected chi connectivity index (χ3v) is 3.12. The van der Waals surface area contributed by atoms with Gasteiger partial charge in [0, 0.05) is 18.3 Å². The van der Waals surface area contributed by atoms with Gasteiger partial charge in [0.1, 0.15) is 0 Å². The molecule has 1 amide bonds. The van der Waals surface area contributed by atoms with E-state index in [4.69, 9.17) is 0 Å². The highest BCUT2D eigenvalue weighted by Crippen LogP contribution is 2.25. The Balaban J connectivity index is 2.19. The molecule has 1 aromatic heterocycles. The minimum Gasteiger partial charge on any atom is -0.288 e. The molecule has 0 bridgehead atoms. The van der Waals surface area contributed by atoms with E-state index in [0.717, 1.165) is 30.2 Å². The number of hydrogen-bond acceptors (Lipinski definition) is 3. The Morgan fingerprint density at radius 3 is 3.08 bits per heavy atom. The molecule has 1 fully saturated rings. The minimum absolute atomic E-state index is 0.219. The third-order valence-electron chi connectivity index (χ3n) is 2.21. The SMILES string of the molecule is CCc1csc(N2CCCC2=O)n1. The van der Waals surface area contributed by atoms with Gasteiger partial charge in [0.15, 0.2) is 5.13 Å². The first-order valence-electron chi connectivity index (χ1n) is 4.56. The number of nitrogens with zero attached hydrogens (tertiary/aromatic N) is 2. The van der Waals surface area contributed by atoms with Crippen molar-refractivity contribution in [3.63, 3.8) is 0 Å². The second kappa shape index (κ2) is 3.46. The maximum Gasteiger partial charge on any atom is 0.228 e. The van der Waals surface area contributed by atoms with Crippen molar-refractivity contribution in [2.75, 3.05) is 11.4 Å². The summed E-state index contributed by atoms with van der Waals surface area (Å²) in [7, 11) is 0. The Bertz CT molecular complexity index is 321. The molecule has 1 saturated heterocycles. The Kier molecular flexibility index (Phi) is 2.31. The second-order valence-corrected chi connectivity index (χ2v) is 3.96. The molecule has 0 spiro atoms. The summed E-state index contributed by atoms with van der Waals surface area (Å²) in [5, 5.41) is 2.90. The molecule has 0 aromatic carbocycles. The highest BCUT2D eigenvalue weighted by molar-refractivity contribution is 7.14. The molecule has 2 rings (SSSR count). The van der Waals surface area contributed by atoms with Gasteiger partial charge in [-0.3, -0.25) is 9.69 Å². The summed E-state index contributed by atoms with van der Waals surface area (Å²) in [5.41, 5.74) is 1.08. The summed E-state index contributed by atoms with van der Waals surface area (Å²) in [6.07, 6.45) is 2.60. The smallest absolute Gasteiger partial charge is 0.228 e. The largest absolute Gasteiger partial charge is 0.288 e. The minimum atomic E-state index is 0.219. The molecule has 0 N–H and O–H groups in total. The molecule has 1 aliphatic heterocycles. The van der Waals surface area contributed by atoms with Gasteiger partial charge in [-0.05, 0) is 12.8 Å². The van der Waals surface area contributed by atoms with Crippen LogP contribution >= 0.6 is 11.3 Å². The lowest BCUT2D eigenvalue weighted by Gasteiger charge is -2.10. The number of carbonyl (C=O) groups excluding carboxylic acids is 1. The van der Waals surface area contributed by atoms with Crippen molar-refractivity contribution in [1.82, 2.24) is 4.98 Å². The Labute approximate surface area is 81.4 Å². The molecule has 3 nitrogen and oxygen atoms in total. The first-order chi connectivity index (χ1) is 6.31. The molecular formula is C9H12N2OS. The standard InChI is InChI=1S/C9H12N2OS/c1-2-7-6-13-9(10-7)11-5-3-4-8(11)12/h6H,2-5H2,1H3. The topological polar surface area (TPSA) is 33.2 Å². The molecule has 0 radical (unpaired) electrons. The normalized spacial score (nSPS) is 17.0. The monoisotopic (exact) mass is 196 g/mol. The van der Waals surface area contributed by atoms with Gasteiger partial charge in [-0.1, -0.05) is 6.92 Å². The number of rotatable bonds is 2. The molecule has 4 heteroatoms.